The summed E-state index contributed by atoms with van der Waals surface area (Å²) in [6.45, 7) is 69.9. The SMILES string of the molecule is CC(C)C1CCC1.CC1CC(C)(C)C1.CC1CC(C)(C)C1.CC1CCC1(C)C.CC1C[C@H](C)C1C.CCC1(C)CCC1.CCC1(C)CCC1.CCC1CC(C)C1.CCC1CC(C)C1.CCC1CCC1C.CCC1CC[C@@H]1C.CCCC1CCC1.C[C@H]1CCC1(C)C. The van der Waals surface area contributed by atoms with Gasteiger partial charge in [-0.2, -0.15) is 0 Å². The van der Waals surface area contributed by atoms with E-state index in [9.17, 15) is 0 Å². The van der Waals surface area contributed by atoms with Crippen molar-refractivity contribution in [1.29, 1.82) is 0 Å². The van der Waals surface area contributed by atoms with E-state index < -0.39 is 0 Å². The second-order valence-electron chi connectivity index (χ2n) is 40.0. The van der Waals surface area contributed by atoms with Crippen molar-refractivity contribution in [1.82, 2.24) is 0 Å². The molecule has 9 atom stereocenters. The first kappa shape index (κ1) is 89.0. The lowest BCUT2D eigenvalue weighted by molar-refractivity contribution is 0.0891. The first-order chi connectivity index (χ1) is 42.3. The van der Waals surface area contributed by atoms with Gasteiger partial charge in [-0.25, -0.2) is 0 Å². The number of rotatable bonds is 9. The molecule has 0 N–H and O–H groups in total. The molecule has 0 aromatic heterocycles. The average Bonchev–Trinajstić information content (AvgIpc) is 1.57. The van der Waals surface area contributed by atoms with E-state index in [1.54, 1.807) is 0 Å². The molecule has 0 radical (unpaired) electrons. The highest BCUT2D eigenvalue weighted by atomic mass is 14.4. The maximum absolute atomic E-state index is 2.39. The van der Waals surface area contributed by atoms with Gasteiger partial charge in [-0.3, -0.25) is 0 Å². The van der Waals surface area contributed by atoms with Gasteiger partial charge in [0.1, 0.15) is 0 Å². The molecule has 13 saturated carbocycles. The molecule has 13 aliphatic carbocycles. The van der Waals surface area contributed by atoms with E-state index >= 15 is 0 Å². The minimum absolute atomic E-state index is 0.681. The Morgan fingerprint density at radius 2 is 0.659 bits per heavy atom. The number of hydrogen-bond donors (Lipinski definition) is 0. The molecule has 0 heterocycles. The molecule has 0 heteroatoms. The summed E-state index contributed by atoms with van der Waals surface area (Å²) in [6, 6.07) is 0. The normalized spacial score (nSPS) is 34.1. The fourth-order valence-electron chi connectivity index (χ4n) is 17.1. The van der Waals surface area contributed by atoms with Crippen LogP contribution in [0.4, 0.5) is 0 Å². The molecule has 0 aliphatic heterocycles. The average molecular weight is 1280 g/mol. The zero-order valence-electron chi connectivity index (χ0n) is 69.6. The standard InChI is InChI=1S/13C7H14/c2*1-6-4-7(2,3)5-6;2*1-6-4-5-7(6,2)3;1-5-4-6(2)7(5)3;1-6(2)7-4-3-5-7;2*1-3-7-4-6(2)5-7;2*1-3-7(2)5-4-6-7;2*1-3-7-5-4-6(7)2;1-2-4-7-5-3-6-7/h4*6H,4-5H2,1-3H3;5-7H,4H2,1-3H3;3*6-7H,3-5H2,1-2H3;2*3-6H2,1-2H3;2*6-7H,3-5H2,1-2H3;7H,2-6H2,1H3/t;;6-;;5-,6?,7?;;;;;;6-,7?;;/m..0.0.....0../s1. The van der Waals surface area contributed by atoms with Crippen LogP contribution in [0.2, 0.25) is 0 Å². The van der Waals surface area contributed by atoms with Crippen LogP contribution in [0.25, 0.3) is 0 Å². The first-order valence-corrected chi connectivity index (χ1v) is 42.3. The topological polar surface area (TPSA) is 0 Å². The van der Waals surface area contributed by atoms with Gasteiger partial charge in [-0.15, -0.1) is 0 Å². The van der Waals surface area contributed by atoms with Crippen molar-refractivity contribution < 1.29 is 0 Å². The summed E-state index contributed by atoms with van der Waals surface area (Å²) in [7, 11) is 0. The Morgan fingerprint density at radius 1 is 0.330 bits per heavy atom. The van der Waals surface area contributed by atoms with Crippen molar-refractivity contribution in [2.75, 3.05) is 0 Å². The molecule has 0 saturated heterocycles. The molecule has 546 valence electrons. The molecule has 13 fully saturated rings. The highest BCUT2D eigenvalue weighted by Crippen LogP contribution is 2.48. The Balaban J connectivity index is 0.000000493. The maximum Gasteiger partial charge on any atom is -0.0328 e. The molecule has 13 aliphatic rings. The fourth-order valence-corrected chi connectivity index (χ4v) is 17.1. The van der Waals surface area contributed by atoms with Crippen molar-refractivity contribution in [3.05, 3.63) is 0 Å². The van der Waals surface area contributed by atoms with E-state index in [-0.39, 0.29) is 0 Å². The Labute approximate surface area is 581 Å². The smallest absolute Gasteiger partial charge is 0.0328 e. The van der Waals surface area contributed by atoms with E-state index in [0.717, 1.165) is 117 Å². The molecular formula is C91H182. The predicted octanol–water partition coefficient (Wildman–Crippen LogP) is 32.0. The van der Waals surface area contributed by atoms with Gasteiger partial charge in [0, 0.05) is 0 Å². The number of hydrogen-bond acceptors (Lipinski definition) is 0. The molecule has 0 spiro atoms. The van der Waals surface area contributed by atoms with Gasteiger partial charge in [0.05, 0.1) is 0 Å². The van der Waals surface area contributed by atoms with Crippen LogP contribution in [0.1, 0.15) is 445 Å². The maximum atomic E-state index is 2.39. The van der Waals surface area contributed by atoms with Crippen molar-refractivity contribution in [3.63, 3.8) is 0 Å². The van der Waals surface area contributed by atoms with Crippen LogP contribution in [0.15, 0.2) is 0 Å². The minimum atomic E-state index is 0.681. The van der Waals surface area contributed by atoms with Gasteiger partial charge < -0.3 is 0 Å². The third-order valence-corrected chi connectivity index (χ3v) is 28.8. The van der Waals surface area contributed by atoms with Crippen molar-refractivity contribution in [2.45, 2.75) is 445 Å². The third kappa shape index (κ3) is 36.1. The molecule has 13 rings (SSSR count). The summed E-state index contributed by atoms with van der Waals surface area (Å²) in [5.74, 6) is 18.7. The molecule has 0 aromatic rings. The Kier molecular flexibility index (Phi) is 43.2. The lowest BCUT2D eigenvalue weighted by Gasteiger charge is -2.42. The lowest BCUT2D eigenvalue weighted by Crippen LogP contribution is -2.31. The fraction of sp³-hybridized carbons (Fsp3) is 1.00. The second-order valence-corrected chi connectivity index (χ2v) is 40.0. The van der Waals surface area contributed by atoms with E-state index in [1.165, 1.54) is 238 Å². The Morgan fingerprint density at radius 3 is 0.681 bits per heavy atom. The van der Waals surface area contributed by atoms with E-state index in [2.05, 4.69) is 208 Å². The van der Waals surface area contributed by atoms with E-state index in [1.807, 2.05) is 0 Å². The van der Waals surface area contributed by atoms with Crippen molar-refractivity contribution >= 4 is 0 Å². The summed E-state index contributed by atoms with van der Waals surface area (Å²) in [5.41, 5.74) is 4.28. The van der Waals surface area contributed by atoms with Crippen LogP contribution in [-0.2, 0) is 0 Å². The quantitative estimate of drug-likeness (QED) is 0.216. The zero-order chi connectivity index (χ0) is 69.6. The minimum Gasteiger partial charge on any atom is -0.0654 e. The Bertz CT molecular complexity index is 1550. The highest BCUT2D eigenvalue weighted by Gasteiger charge is 2.37. The van der Waals surface area contributed by atoms with Gasteiger partial charge in [0.2, 0.25) is 0 Å². The second kappa shape index (κ2) is 44.2. The third-order valence-electron chi connectivity index (χ3n) is 28.8. The van der Waals surface area contributed by atoms with Crippen molar-refractivity contribution in [3.8, 4) is 0 Å². The van der Waals surface area contributed by atoms with Gasteiger partial charge in [0.25, 0.3) is 0 Å². The molecular weight excluding hydrogens is 1090 g/mol. The van der Waals surface area contributed by atoms with Gasteiger partial charge in [-0.05, 0) is 261 Å². The summed E-state index contributed by atoms with van der Waals surface area (Å²) in [5, 5.41) is 0. The van der Waals surface area contributed by atoms with E-state index in [0.29, 0.717) is 21.7 Å². The summed E-state index contributed by atoms with van der Waals surface area (Å²) < 4.78 is 0. The van der Waals surface area contributed by atoms with Crippen LogP contribution in [0, 0.1) is 139 Å². The summed E-state index contributed by atoms with van der Waals surface area (Å²) in [6.07, 6.45) is 54.1. The van der Waals surface area contributed by atoms with Crippen molar-refractivity contribution in [2.24, 2.45) is 139 Å². The highest BCUT2D eigenvalue weighted by molar-refractivity contribution is 4.88. The predicted molar refractivity (Wildman–Crippen MR) is 418 cm³/mol. The zero-order valence-corrected chi connectivity index (χ0v) is 69.6. The molecule has 0 bridgehead atoms. The molecule has 0 aromatic carbocycles. The molecule has 0 amide bonds. The van der Waals surface area contributed by atoms with Crippen LogP contribution in [0.3, 0.4) is 0 Å². The van der Waals surface area contributed by atoms with Gasteiger partial charge >= 0.3 is 0 Å². The monoisotopic (exact) mass is 1280 g/mol. The largest absolute Gasteiger partial charge is 0.0654 e. The summed E-state index contributed by atoms with van der Waals surface area (Å²) in [4.78, 5) is 0. The lowest BCUT2D eigenvalue weighted by atomic mass is 9.64. The first-order valence-electron chi connectivity index (χ1n) is 42.3. The van der Waals surface area contributed by atoms with Crippen LogP contribution in [0.5, 0.6) is 0 Å². The molecule has 6 unspecified atom stereocenters. The van der Waals surface area contributed by atoms with Crippen LogP contribution >= 0.6 is 0 Å². The van der Waals surface area contributed by atoms with Crippen LogP contribution < -0.4 is 0 Å². The Hall–Kier alpha value is 0. The van der Waals surface area contributed by atoms with Gasteiger partial charge in [0.15, 0.2) is 0 Å². The van der Waals surface area contributed by atoms with Crippen LogP contribution in [-0.4, -0.2) is 0 Å². The molecule has 0 nitrogen and oxygen atoms in total. The van der Waals surface area contributed by atoms with Gasteiger partial charge in [-0.1, -0.05) is 323 Å². The summed E-state index contributed by atoms with van der Waals surface area (Å²) >= 11 is 0. The molecule has 91 heavy (non-hydrogen) atoms. The van der Waals surface area contributed by atoms with E-state index in [4.69, 9.17) is 0 Å².